The maximum absolute atomic E-state index is 10.4. The Morgan fingerprint density at radius 1 is 0.880 bits per heavy atom. The molecule has 0 saturated heterocycles. The predicted octanol–water partition coefficient (Wildman–Crippen LogP) is 7.24. The number of carboxylic acid groups (broad SMARTS) is 1. The summed E-state index contributed by atoms with van der Waals surface area (Å²) < 4.78 is 1.32. The van der Waals surface area contributed by atoms with E-state index in [4.69, 9.17) is 5.11 Å². The highest BCUT2D eigenvalue weighted by atomic mass is 123. The van der Waals surface area contributed by atoms with Gasteiger partial charge in [0.25, 0.3) is 0 Å². The fourth-order valence-corrected chi connectivity index (χ4v) is 3.63. The van der Waals surface area contributed by atoms with Gasteiger partial charge in [-0.3, -0.25) is 4.79 Å². The zero-order chi connectivity index (χ0) is 18.3. The minimum absolute atomic E-state index is 0.333. The van der Waals surface area contributed by atoms with Crippen LogP contribution < -0.4 is 0 Å². The van der Waals surface area contributed by atoms with Crippen molar-refractivity contribution in [1.82, 2.24) is 0 Å². The maximum Gasteiger partial charge on any atom is 0.303 e. The van der Waals surface area contributed by atoms with Crippen molar-refractivity contribution in [1.29, 1.82) is 0 Å². The molecular weight excluding hydrogens is 419 g/mol. The average Bonchev–Trinajstić information content (AvgIpc) is 2.58. The molecule has 0 bridgehead atoms. The topological polar surface area (TPSA) is 37.3 Å². The Morgan fingerprint density at radius 3 is 2.00 bits per heavy atom. The molecule has 1 rings (SSSR count). The minimum Gasteiger partial charge on any atom is -0.481 e. The Balaban J connectivity index is 1.87. The Kier molecular flexibility index (Phi) is 13.1. The Hall–Kier alpha value is -0.580. The third-order valence-electron chi connectivity index (χ3n) is 4.91. The monoisotopic (exact) mass is 454 g/mol. The quantitative estimate of drug-likeness (QED) is 0.224. The molecule has 0 aliphatic rings. The van der Waals surface area contributed by atoms with Gasteiger partial charge in [0.15, 0.2) is 0 Å². The van der Waals surface area contributed by atoms with Crippen LogP contribution in [0.4, 0.5) is 0 Å². The van der Waals surface area contributed by atoms with Gasteiger partial charge < -0.3 is 5.11 Å². The van der Waals surface area contributed by atoms with Gasteiger partial charge in [-0.2, -0.15) is 0 Å². The normalized spacial score (nSPS) is 12.2. The van der Waals surface area contributed by atoms with E-state index in [0.29, 0.717) is 6.42 Å². The van der Waals surface area contributed by atoms with E-state index in [0.717, 1.165) is 18.8 Å². The second-order valence-electron chi connectivity index (χ2n) is 7.38. The minimum atomic E-state index is -0.660. The summed E-state index contributed by atoms with van der Waals surface area (Å²) in [6.07, 6.45) is 15.3. The summed E-state index contributed by atoms with van der Waals surface area (Å²) in [6, 6.07) is 8.91. The molecular formula is C22H35IO2. The first kappa shape index (κ1) is 22.5. The highest BCUT2D eigenvalue weighted by Crippen LogP contribution is 2.18. The first-order valence-corrected chi connectivity index (χ1v) is 11.1. The van der Waals surface area contributed by atoms with Crippen LogP contribution in [-0.2, 0) is 11.2 Å². The number of aryl methyl sites for hydroxylation is 1. The van der Waals surface area contributed by atoms with Gasteiger partial charge in [-0.05, 0) is 65.5 Å². The Bertz CT molecular complexity index is 456. The molecule has 0 spiro atoms. The van der Waals surface area contributed by atoms with Crippen LogP contribution in [0.3, 0.4) is 0 Å². The number of hydrogen-bond donors (Lipinski definition) is 1. The number of halogens is 1. The van der Waals surface area contributed by atoms with Crippen LogP contribution in [0, 0.1) is 9.49 Å². The Morgan fingerprint density at radius 2 is 1.40 bits per heavy atom. The zero-order valence-electron chi connectivity index (χ0n) is 15.8. The lowest BCUT2D eigenvalue weighted by molar-refractivity contribution is -0.137. The number of rotatable bonds is 15. The molecule has 0 radical (unpaired) electrons. The molecule has 0 aromatic heterocycles. The molecule has 0 aliphatic heterocycles. The molecule has 3 heteroatoms. The van der Waals surface area contributed by atoms with E-state index in [1.165, 1.54) is 73.3 Å². The van der Waals surface area contributed by atoms with E-state index < -0.39 is 5.97 Å². The van der Waals surface area contributed by atoms with Crippen molar-refractivity contribution in [3.63, 3.8) is 0 Å². The van der Waals surface area contributed by atoms with Gasteiger partial charge in [-0.1, -0.05) is 76.8 Å². The Labute approximate surface area is 167 Å². The second-order valence-corrected chi connectivity index (χ2v) is 8.63. The molecule has 0 heterocycles. The highest BCUT2D eigenvalue weighted by molar-refractivity contribution is 14.1. The van der Waals surface area contributed by atoms with Crippen LogP contribution in [0.25, 0.3) is 0 Å². The molecule has 0 amide bonds. The number of aliphatic carboxylic acids is 1. The lowest BCUT2D eigenvalue weighted by Crippen LogP contribution is -1.96. The van der Waals surface area contributed by atoms with Crippen molar-refractivity contribution in [3.05, 3.63) is 33.4 Å². The van der Waals surface area contributed by atoms with Crippen LogP contribution in [0.1, 0.15) is 89.5 Å². The highest BCUT2D eigenvalue weighted by Gasteiger charge is 2.03. The molecule has 142 valence electrons. The fourth-order valence-electron chi connectivity index (χ4n) is 3.27. The fraction of sp³-hybridized carbons (Fsp3) is 0.682. The van der Waals surface area contributed by atoms with Crippen molar-refractivity contribution in [3.8, 4) is 0 Å². The van der Waals surface area contributed by atoms with Crippen molar-refractivity contribution >= 4 is 28.6 Å². The number of benzene rings is 1. The van der Waals surface area contributed by atoms with Gasteiger partial charge in [0, 0.05) is 9.99 Å². The zero-order valence-corrected chi connectivity index (χ0v) is 18.0. The van der Waals surface area contributed by atoms with Crippen molar-refractivity contribution in [2.45, 2.75) is 90.4 Å². The van der Waals surface area contributed by atoms with Crippen LogP contribution in [0.2, 0.25) is 0 Å². The maximum atomic E-state index is 10.4. The molecule has 1 aromatic rings. The van der Waals surface area contributed by atoms with Gasteiger partial charge in [0.05, 0.1) is 0 Å². The largest absolute Gasteiger partial charge is 0.481 e. The third-order valence-corrected chi connectivity index (χ3v) is 5.63. The van der Waals surface area contributed by atoms with Gasteiger partial charge in [0.2, 0.25) is 0 Å². The summed E-state index contributed by atoms with van der Waals surface area (Å²) in [5.41, 5.74) is 1.47. The van der Waals surface area contributed by atoms with Crippen LogP contribution >= 0.6 is 22.6 Å². The summed E-state index contributed by atoms with van der Waals surface area (Å²) in [4.78, 5) is 10.4. The number of hydrogen-bond acceptors (Lipinski definition) is 1. The molecule has 0 saturated carbocycles. The van der Waals surface area contributed by atoms with E-state index in [1.807, 2.05) is 0 Å². The van der Waals surface area contributed by atoms with Crippen molar-refractivity contribution < 1.29 is 9.90 Å². The number of carbonyl (C=O) groups is 1. The van der Waals surface area contributed by atoms with Crippen LogP contribution in [-0.4, -0.2) is 11.1 Å². The first-order chi connectivity index (χ1) is 12.1. The SMILES string of the molecule is C[C@@H](CCCCCCCC(=O)O)CCCCCCc1ccc([123I])cc1. The van der Waals surface area contributed by atoms with Crippen LogP contribution in [0.15, 0.2) is 24.3 Å². The van der Waals surface area contributed by atoms with Gasteiger partial charge in [-0.15, -0.1) is 0 Å². The standard InChI is InChI=1S/C22H35IO2/c1-19(11-7-3-2-4-10-14-22(24)25)12-8-5-6-9-13-20-15-17-21(23)18-16-20/h15-19H,2-14H2,1H3,(H,24,25)/t19-/m0/s1/i23-4. The molecule has 0 fully saturated rings. The number of carboxylic acids is 1. The van der Waals surface area contributed by atoms with Crippen LogP contribution in [0.5, 0.6) is 0 Å². The second kappa shape index (κ2) is 14.6. The van der Waals surface area contributed by atoms with E-state index in [-0.39, 0.29) is 0 Å². The molecule has 2 nitrogen and oxygen atoms in total. The summed E-state index contributed by atoms with van der Waals surface area (Å²) in [7, 11) is 0. The molecule has 1 N–H and O–H groups in total. The predicted molar refractivity (Wildman–Crippen MR) is 115 cm³/mol. The van der Waals surface area contributed by atoms with E-state index in [2.05, 4.69) is 53.8 Å². The van der Waals surface area contributed by atoms with Crippen molar-refractivity contribution in [2.75, 3.05) is 0 Å². The van der Waals surface area contributed by atoms with E-state index >= 15 is 0 Å². The van der Waals surface area contributed by atoms with Gasteiger partial charge in [-0.25, -0.2) is 0 Å². The summed E-state index contributed by atoms with van der Waals surface area (Å²) in [5, 5.41) is 8.59. The molecule has 1 aromatic carbocycles. The average molecular weight is 454 g/mol. The summed E-state index contributed by atoms with van der Waals surface area (Å²) in [5.74, 6) is 0.183. The molecule has 0 unspecified atom stereocenters. The lowest BCUT2D eigenvalue weighted by atomic mass is 9.95. The molecule has 25 heavy (non-hydrogen) atoms. The first-order valence-electron chi connectivity index (χ1n) is 10.0. The van der Waals surface area contributed by atoms with E-state index in [9.17, 15) is 4.79 Å². The third kappa shape index (κ3) is 13.3. The van der Waals surface area contributed by atoms with Crippen molar-refractivity contribution in [2.24, 2.45) is 5.92 Å². The smallest absolute Gasteiger partial charge is 0.303 e. The number of unbranched alkanes of at least 4 members (excludes halogenated alkanes) is 7. The lowest BCUT2D eigenvalue weighted by Gasteiger charge is -2.11. The van der Waals surface area contributed by atoms with Gasteiger partial charge in [0.1, 0.15) is 0 Å². The van der Waals surface area contributed by atoms with Gasteiger partial charge >= 0.3 is 5.97 Å². The summed E-state index contributed by atoms with van der Waals surface area (Å²) in [6.45, 7) is 2.38. The summed E-state index contributed by atoms with van der Waals surface area (Å²) >= 11 is 2.36. The molecule has 1 atom stereocenters. The van der Waals surface area contributed by atoms with E-state index in [1.54, 1.807) is 0 Å². The molecule has 0 aliphatic carbocycles.